The predicted molar refractivity (Wildman–Crippen MR) is 62.0 cm³/mol. The molecule has 0 radical (unpaired) electrons. The van der Waals surface area contributed by atoms with Gasteiger partial charge < -0.3 is 0 Å². The molecule has 2 atom stereocenters. The van der Waals surface area contributed by atoms with Crippen molar-refractivity contribution in [3.8, 4) is 0 Å². The number of hydrogen-bond acceptors (Lipinski definition) is 3. The average molecular weight is 210 g/mol. The largest absolute Gasteiger partial charge is 0.275 e. The van der Waals surface area contributed by atoms with Gasteiger partial charge in [-0.05, 0) is 18.4 Å². The summed E-state index contributed by atoms with van der Waals surface area (Å²) in [6.45, 7) is 4.47. The summed E-state index contributed by atoms with van der Waals surface area (Å²) in [5.74, 6) is 6.24. The van der Waals surface area contributed by atoms with Crippen molar-refractivity contribution in [1.82, 2.24) is 15.2 Å². The summed E-state index contributed by atoms with van der Waals surface area (Å²) < 4.78 is 1.81. The molecule has 0 saturated heterocycles. The van der Waals surface area contributed by atoms with Gasteiger partial charge in [0.2, 0.25) is 0 Å². The normalized spacial score (nSPS) is 15.2. The fraction of sp³-hybridized carbons (Fsp3) is 0.727. The lowest BCUT2D eigenvalue weighted by Gasteiger charge is -2.18. The Kier molecular flexibility index (Phi) is 4.78. The molecule has 3 N–H and O–H groups in total. The average Bonchev–Trinajstić information content (AvgIpc) is 2.61. The summed E-state index contributed by atoms with van der Waals surface area (Å²) in [7, 11) is 1.92. The minimum absolute atomic E-state index is 0.174. The van der Waals surface area contributed by atoms with Crippen LogP contribution in [0.5, 0.6) is 0 Å². The highest BCUT2D eigenvalue weighted by molar-refractivity contribution is 5.05. The molecule has 1 aromatic rings. The third-order valence-electron chi connectivity index (χ3n) is 2.71. The molecule has 0 amide bonds. The van der Waals surface area contributed by atoms with E-state index in [1.807, 2.05) is 24.0 Å². The molecular formula is C11H22N4. The van der Waals surface area contributed by atoms with Crippen molar-refractivity contribution in [2.24, 2.45) is 18.8 Å². The molecule has 4 nitrogen and oxygen atoms in total. The van der Waals surface area contributed by atoms with Crippen LogP contribution >= 0.6 is 0 Å². The lowest BCUT2D eigenvalue weighted by atomic mass is 9.96. The molecule has 0 spiro atoms. The van der Waals surface area contributed by atoms with Crippen molar-refractivity contribution >= 4 is 0 Å². The fourth-order valence-corrected chi connectivity index (χ4v) is 1.91. The zero-order valence-corrected chi connectivity index (χ0v) is 9.90. The lowest BCUT2D eigenvalue weighted by Crippen LogP contribution is -2.29. The zero-order chi connectivity index (χ0) is 11.3. The van der Waals surface area contributed by atoms with Crippen LogP contribution in [0.15, 0.2) is 12.3 Å². The molecule has 15 heavy (non-hydrogen) atoms. The third kappa shape index (κ3) is 3.64. The van der Waals surface area contributed by atoms with E-state index in [1.54, 1.807) is 0 Å². The molecule has 1 aromatic heterocycles. The first-order valence-corrected chi connectivity index (χ1v) is 5.63. The monoisotopic (exact) mass is 210 g/mol. The highest BCUT2D eigenvalue weighted by Gasteiger charge is 2.15. The molecule has 0 fully saturated rings. The maximum absolute atomic E-state index is 5.56. The van der Waals surface area contributed by atoms with Gasteiger partial charge in [-0.2, -0.15) is 5.10 Å². The van der Waals surface area contributed by atoms with Crippen molar-refractivity contribution in [2.45, 2.75) is 39.2 Å². The van der Waals surface area contributed by atoms with Crippen molar-refractivity contribution in [2.75, 3.05) is 0 Å². The first-order valence-electron chi connectivity index (χ1n) is 5.63. The highest BCUT2D eigenvalue weighted by atomic mass is 15.3. The van der Waals surface area contributed by atoms with Crippen LogP contribution in [0, 0.1) is 5.92 Å². The molecule has 0 aromatic carbocycles. The maximum atomic E-state index is 5.56. The zero-order valence-electron chi connectivity index (χ0n) is 9.90. The molecule has 0 aliphatic rings. The van der Waals surface area contributed by atoms with E-state index in [0.29, 0.717) is 5.92 Å². The van der Waals surface area contributed by atoms with E-state index in [0.717, 1.165) is 12.1 Å². The molecule has 1 rings (SSSR count). The molecule has 2 unspecified atom stereocenters. The van der Waals surface area contributed by atoms with Crippen LogP contribution < -0.4 is 11.3 Å². The Labute approximate surface area is 91.8 Å². The number of rotatable bonds is 6. The molecule has 4 heteroatoms. The van der Waals surface area contributed by atoms with Gasteiger partial charge in [-0.15, -0.1) is 0 Å². The van der Waals surface area contributed by atoms with Crippen LogP contribution in [0.3, 0.4) is 0 Å². The second-order valence-corrected chi connectivity index (χ2v) is 4.26. The van der Waals surface area contributed by atoms with E-state index in [-0.39, 0.29) is 6.04 Å². The summed E-state index contributed by atoms with van der Waals surface area (Å²) in [5, 5.41) is 4.37. The molecule has 86 valence electrons. The molecule has 0 aliphatic carbocycles. The van der Waals surface area contributed by atoms with E-state index in [4.69, 9.17) is 5.84 Å². The van der Waals surface area contributed by atoms with Crippen molar-refractivity contribution in [3.63, 3.8) is 0 Å². The van der Waals surface area contributed by atoms with Crippen LogP contribution in [-0.4, -0.2) is 9.78 Å². The van der Waals surface area contributed by atoms with Crippen LogP contribution in [0.1, 0.15) is 44.8 Å². The number of aryl methyl sites for hydroxylation is 1. The second kappa shape index (κ2) is 5.88. The Morgan fingerprint density at radius 1 is 1.60 bits per heavy atom. The lowest BCUT2D eigenvalue weighted by molar-refractivity contribution is 0.387. The Morgan fingerprint density at radius 2 is 2.33 bits per heavy atom. The Morgan fingerprint density at radius 3 is 2.80 bits per heavy atom. The van der Waals surface area contributed by atoms with Crippen LogP contribution in [-0.2, 0) is 7.05 Å². The quantitative estimate of drug-likeness (QED) is 0.555. The van der Waals surface area contributed by atoms with Gasteiger partial charge in [0.15, 0.2) is 0 Å². The van der Waals surface area contributed by atoms with Crippen molar-refractivity contribution in [1.29, 1.82) is 0 Å². The van der Waals surface area contributed by atoms with Crippen LogP contribution in [0.2, 0.25) is 0 Å². The number of nitrogens with two attached hydrogens (primary N) is 1. The summed E-state index contributed by atoms with van der Waals surface area (Å²) in [5.41, 5.74) is 3.88. The Bertz CT molecular complexity index is 282. The van der Waals surface area contributed by atoms with Gasteiger partial charge in [0.1, 0.15) is 0 Å². The summed E-state index contributed by atoms with van der Waals surface area (Å²) in [6, 6.07) is 2.19. The van der Waals surface area contributed by atoms with Crippen LogP contribution in [0.25, 0.3) is 0 Å². The maximum Gasteiger partial charge on any atom is 0.0807 e. The summed E-state index contributed by atoms with van der Waals surface area (Å²) in [6.07, 6.45) is 5.46. The molecular weight excluding hydrogens is 188 g/mol. The Hall–Kier alpha value is -0.870. The molecule has 1 heterocycles. The number of nitrogens with one attached hydrogen (secondary N) is 1. The van der Waals surface area contributed by atoms with Crippen molar-refractivity contribution in [3.05, 3.63) is 18.0 Å². The minimum Gasteiger partial charge on any atom is -0.275 e. The minimum atomic E-state index is 0.174. The number of aromatic nitrogens is 2. The first kappa shape index (κ1) is 12.2. The summed E-state index contributed by atoms with van der Waals surface area (Å²) in [4.78, 5) is 0. The van der Waals surface area contributed by atoms with E-state index >= 15 is 0 Å². The summed E-state index contributed by atoms with van der Waals surface area (Å²) >= 11 is 0. The standard InChI is InChI=1S/C11H22N4/c1-4-5-9(2)8-11(13-12)10-6-7-15(3)14-10/h6-7,9,11,13H,4-5,8,12H2,1-3H3. The van der Waals surface area contributed by atoms with Gasteiger partial charge in [-0.1, -0.05) is 26.7 Å². The topological polar surface area (TPSA) is 55.9 Å². The van der Waals surface area contributed by atoms with Gasteiger partial charge >= 0.3 is 0 Å². The van der Waals surface area contributed by atoms with E-state index in [2.05, 4.69) is 24.4 Å². The smallest absolute Gasteiger partial charge is 0.0807 e. The van der Waals surface area contributed by atoms with Crippen molar-refractivity contribution < 1.29 is 0 Å². The van der Waals surface area contributed by atoms with E-state index in [1.165, 1.54) is 12.8 Å². The highest BCUT2D eigenvalue weighted by Crippen LogP contribution is 2.21. The first-order chi connectivity index (χ1) is 7.17. The second-order valence-electron chi connectivity index (χ2n) is 4.26. The van der Waals surface area contributed by atoms with E-state index < -0.39 is 0 Å². The van der Waals surface area contributed by atoms with Gasteiger partial charge in [-0.3, -0.25) is 16.0 Å². The fourth-order valence-electron chi connectivity index (χ4n) is 1.91. The molecule has 0 aliphatic heterocycles. The van der Waals surface area contributed by atoms with Crippen LogP contribution in [0.4, 0.5) is 0 Å². The van der Waals surface area contributed by atoms with Gasteiger partial charge in [0.25, 0.3) is 0 Å². The van der Waals surface area contributed by atoms with Gasteiger partial charge in [0, 0.05) is 13.2 Å². The molecule has 0 bridgehead atoms. The Balaban J connectivity index is 2.56. The molecule has 0 saturated carbocycles. The van der Waals surface area contributed by atoms with E-state index in [9.17, 15) is 0 Å². The number of hydrogen-bond donors (Lipinski definition) is 2. The van der Waals surface area contributed by atoms with Gasteiger partial charge in [-0.25, -0.2) is 0 Å². The third-order valence-corrected chi connectivity index (χ3v) is 2.71. The SMILES string of the molecule is CCCC(C)CC(NN)c1ccn(C)n1. The number of nitrogens with zero attached hydrogens (tertiary/aromatic N) is 2. The van der Waals surface area contributed by atoms with Gasteiger partial charge in [0.05, 0.1) is 11.7 Å². The number of hydrazine groups is 1. The predicted octanol–water partition coefficient (Wildman–Crippen LogP) is 1.75.